The van der Waals surface area contributed by atoms with Crippen LogP contribution in [0, 0.1) is 5.82 Å². The maximum Gasteiger partial charge on any atom is 0.424 e. The van der Waals surface area contributed by atoms with E-state index in [-0.39, 0.29) is 17.1 Å². The lowest BCUT2D eigenvalue weighted by Gasteiger charge is -2.29. The number of benzene rings is 2. The molecule has 0 atom stereocenters. The van der Waals surface area contributed by atoms with Crippen molar-refractivity contribution in [2.45, 2.75) is 58.9 Å². The minimum Gasteiger partial charge on any atom is -0.443 e. The van der Waals surface area contributed by atoms with Gasteiger partial charge in [-0.3, -0.25) is 4.68 Å². The summed E-state index contributed by atoms with van der Waals surface area (Å²) >= 11 is 0. The molecule has 0 aliphatic rings. The molecule has 0 saturated heterocycles. The third-order valence-corrected chi connectivity index (χ3v) is 6.03. The van der Waals surface area contributed by atoms with Crippen LogP contribution in [-0.2, 0) is 22.7 Å². The molecule has 0 spiro atoms. The smallest absolute Gasteiger partial charge is 0.424 e. The van der Waals surface area contributed by atoms with E-state index < -0.39 is 40.9 Å². The maximum absolute atomic E-state index is 15.4. The Balaban J connectivity index is 1.79. The van der Waals surface area contributed by atoms with Crippen LogP contribution >= 0.6 is 0 Å². The number of nitrogens with one attached hydrogen (secondary N) is 2. The first-order valence-electron chi connectivity index (χ1n) is 14.0. The fourth-order valence-electron chi connectivity index (χ4n) is 4.12. The molecule has 2 amide bonds. The number of nitrogens with zero attached hydrogens (tertiary/aromatic N) is 4. The standard InChI is InChI=1S/C32H34F4N6O4/c1-30(2,3)45-28(43)42(29(44)46-31(4,5)6)22-12-13-24(33)26(14-22)40-25-15-27(39-21-16-38-41(7)18-21)37-17-23(25)19-8-10-20(11-9-19)32(34,35)36/h8-18H,1-7H3,(H2,37,39,40). The maximum atomic E-state index is 15.4. The van der Waals surface area contributed by atoms with Crippen LogP contribution in [0.15, 0.2) is 67.1 Å². The topological polar surface area (TPSA) is 111 Å². The van der Waals surface area contributed by atoms with Gasteiger partial charge in [0, 0.05) is 31.1 Å². The van der Waals surface area contributed by atoms with Crippen molar-refractivity contribution < 1.29 is 36.6 Å². The van der Waals surface area contributed by atoms with Crippen molar-refractivity contribution in [3.8, 4) is 11.1 Å². The van der Waals surface area contributed by atoms with Gasteiger partial charge in [0.2, 0.25) is 0 Å². The average molecular weight is 643 g/mol. The molecule has 14 heteroatoms. The molecule has 4 rings (SSSR count). The Bertz CT molecular complexity index is 1700. The Labute approximate surface area is 263 Å². The number of carbonyl (C=O) groups excluding carboxylic acids is 2. The van der Waals surface area contributed by atoms with E-state index in [0.29, 0.717) is 27.5 Å². The van der Waals surface area contributed by atoms with Crippen LogP contribution in [0.25, 0.3) is 11.1 Å². The first-order chi connectivity index (χ1) is 21.3. The summed E-state index contributed by atoms with van der Waals surface area (Å²) in [6, 6.07) is 9.43. The van der Waals surface area contributed by atoms with Gasteiger partial charge in [-0.15, -0.1) is 0 Å². The van der Waals surface area contributed by atoms with Gasteiger partial charge in [-0.05, 0) is 77.4 Å². The van der Waals surface area contributed by atoms with Crippen LogP contribution in [0.1, 0.15) is 47.1 Å². The molecule has 2 aromatic heterocycles. The highest BCUT2D eigenvalue weighted by Crippen LogP contribution is 2.37. The lowest BCUT2D eigenvalue weighted by molar-refractivity contribution is -0.137. The average Bonchev–Trinajstić information content (AvgIpc) is 3.32. The third kappa shape index (κ3) is 8.73. The zero-order valence-corrected chi connectivity index (χ0v) is 26.3. The van der Waals surface area contributed by atoms with E-state index in [1.54, 1.807) is 65.7 Å². The number of hydrogen-bond acceptors (Lipinski definition) is 8. The van der Waals surface area contributed by atoms with Crippen molar-refractivity contribution in [2.24, 2.45) is 7.05 Å². The first kappa shape index (κ1) is 33.7. The molecule has 46 heavy (non-hydrogen) atoms. The third-order valence-electron chi connectivity index (χ3n) is 6.03. The van der Waals surface area contributed by atoms with E-state index in [4.69, 9.17) is 9.47 Å². The lowest BCUT2D eigenvalue weighted by atomic mass is 10.0. The summed E-state index contributed by atoms with van der Waals surface area (Å²) in [5, 5.41) is 10.1. The summed E-state index contributed by atoms with van der Waals surface area (Å²) in [4.78, 5) is 31.4. The highest BCUT2D eigenvalue weighted by molar-refractivity contribution is 6.09. The predicted octanol–water partition coefficient (Wildman–Crippen LogP) is 8.80. The summed E-state index contributed by atoms with van der Waals surface area (Å²) in [5.41, 5.74) is -1.46. The monoisotopic (exact) mass is 642 g/mol. The van der Waals surface area contributed by atoms with Crippen molar-refractivity contribution in [3.63, 3.8) is 0 Å². The molecule has 0 unspecified atom stereocenters. The lowest BCUT2D eigenvalue weighted by Crippen LogP contribution is -2.43. The Morgan fingerprint density at radius 1 is 0.826 bits per heavy atom. The molecule has 0 aliphatic carbocycles. The SMILES string of the molecule is Cn1cc(Nc2cc(Nc3cc(N(C(=O)OC(C)(C)C)C(=O)OC(C)(C)C)ccc3F)c(-c3ccc(C(F)(F)F)cc3)cn2)cn1. The molecule has 0 saturated carbocycles. The molecule has 0 radical (unpaired) electrons. The molecule has 0 bridgehead atoms. The van der Waals surface area contributed by atoms with Gasteiger partial charge in [0.15, 0.2) is 0 Å². The number of halogens is 4. The molecule has 0 aliphatic heterocycles. The molecule has 0 fully saturated rings. The van der Waals surface area contributed by atoms with Gasteiger partial charge in [0.05, 0.1) is 34.5 Å². The van der Waals surface area contributed by atoms with Crippen LogP contribution in [0.5, 0.6) is 0 Å². The highest BCUT2D eigenvalue weighted by Gasteiger charge is 2.33. The molecule has 2 heterocycles. The number of hydrogen-bond donors (Lipinski definition) is 2. The van der Waals surface area contributed by atoms with E-state index >= 15 is 4.39 Å². The van der Waals surface area contributed by atoms with Gasteiger partial charge >= 0.3 is 18.4 Å². The van der Waals surface area contributed by atoms with Crippen molar-refractivity contribution in [1.82, 2.24) is 14.8 Å². The number of anilines is 5. The number of pyridine rings is 1. The number of aryl methyl sites for hydroxylation is 1. The second kappa shape index (κ2) is 12.7. The fraction of sp³-hybridized carbons (Fsp3) is 0.312. The zero-order chi connectivity index (χ0) is 34.0. The van der Waals surface area contributed by atoms with Gasteiger partial charge in [-0.25, -0.2) is 19.0 Å². The zero-order valence-electron chi connectivity index (χ0n) is 26.3. The number of rotatable bonds is 6. The number of imide groups is 1. The normalized spacial score (nSPS) is 12.0. The number of aromatic nitrogens is 3. The van der Waals surface area contributed by atoms with Gasteiger partial charge in [0.1, 0.15) is 22.8 Å². The van der Waals surface area contributed by atoms with E-state index in [1.807, 2.05) is 0 Å². The van der Waals surface area contributed by atoms with Crippen LogP contribution in [0.4, 0.5) is 55.7 Å². The number of carbonyl (C=O) groups is 2. The van der Waals surface area contributed by atoms with Crippen LogP contribution in [0.2, 0.25) is 0 Å². The van der Waals surface area contributed by atoms with Gasteiger partial charge in [-0.2, -0.15) is 23.2 Å². The fourth-order valence-corrected chi connectivity index (χ4v) is 4.12. The minimum atomic E-state index is -4.53. The van der Waals surface area contributed by atoms with E-state index in [1.165, 1.54) is 36.5 Å². The van der Waals surface area contributed by atoms with Gasteiger partial charge in [-0.1, -0.05) is 12.1 Å². The van der Waals surface area contributed by atoms with Gasteiger partial charge < -0.3 is 20.1 Å². The molecule has 2 N–H and O–H groups in total. The van der Waals surface area contributed by atoms with E-state index in [0.717, 1.165) is 18.2 Å². The van der Waals surface area contributed by atoms with Crippen molar-refractivity contribution in [2.75, 3.05) is 15.5 Å². The summed E-state index contributed by atoms with van der Waals surface area (Å²) in [6.45, 7) is 9.74. The summed E-state index contributed by atoms with van der Waals surface area (Å²) < 4.78 is 67.5. The van der Waals surface area contributed by atoms with Crippen LogP contribution < -0.4 is 15.5 Å². The predicted molar refractivity (Wildman–Crippen MR) is 166 cm³/mol. The quantitative estimate of drug-likeness (QED) is 0.201. The summed E-state index contributed by atoms with van der Waals surface area (Å²) in [6.07, 6.45) is -1.95. The minimum absolute atomic E-state index is 0.0637. The molecule has 2 aromatic carbocycles. The summed E-state index contributed by atoms with van der Waals surface area (Å²) in [7, 11) is 1.73. The highest BCUT2D eigenvalue weighted by atomic mass is 19.4. The van der Waals surface area contributed by atoms with Crippen LogP contribution in [-0.4, -0.2) is 38.2 Å². The van der Waals surface area contributed by atoms with E-state index in [2.05, 4.69) is 20.7 Å². The Hall–Kier alpha value is -5.14. The number of alkyl halides is 3. The molecular formula is C32H34F4N6O4. The Kier molecular flexibility index (Phi) is 9.31. The van der Waals surface area contributed by atoms with Crippen molar-refractivity contribution in [1.29, 1.82) is 0 Å². The number of ether oxygens (including phenoxy) is 2. The number of amides is 2. The van der Waals surface area contributed by atoms with E-state index in [9.17, 15) is 22.8 Å². The second-order valence-corrected chi connectivity index (χ2v) is 12.3. The van der Waals surface area contributed by atoms with Crippen molar-refractivity contribution >= 4 is 40.8 Å². The second-order valence-electron chi connectivity index (χ2n) is 12.3. The molecule has 10 nitrogen and oxygen atoms in total. The van der Waals surface area contributed by atoms with Crippen LogP contribution in [0.3, 0.4) is 0 Å². The molecule has 4 aromatic rings. The largest absolute Gasteiger partial charge is 0.443 e. The van der Waals surface area contributed by atoms with Crippen molar-refractivity contribution in [3.05, 3.63) is 78.5 Å². The summed E-state index contributed by atoms with van der Waals surface area (Å²) in [5.74, 6) is -0.444. The molecule has 244 valence electrons. The first-order valence-corrected chi connectivity index (χ1v) is 14.0. The molecular weight excluding hydrogens is 608 g/mol. The Morgan fingerprint density at radius 2 is 1.43 bits per heavy atom. The van der Waals surface area contributed by atoms with Gasteiger partial charge in [0.25, 0.3) is 0 Å². The Morgan fingerprint density at radius 3 is 1.96 bits per heavy atom.